The Morgan fingerprint density at radius 1 is 1.42 bits per heavy atom. The number of nitrogens with zero attached hydrogens (tertiary/aromatic N) is 2. The summed E-state index contributed by atoms with van der Waals surface area (Å²) in [5.41, 5.74) is 0.899. The van der Waals surface area contributed by atoms with Crippen molar-refractivity contribution in [3.05, 3.63) is 35.7 Å². The molecule has 0 aliphatic heterocycles. The molecule has 4 nitrogen and oxygen atoms in total. The second-order valence-electron chi connectivity index (χ2n) is 4.76. The van der Waals surface area contributed by atoms with Crippen molar-refractivity contribution < 1.29 is 4.79 Å². The number of pyridine rings is 1. The van der Waals surface area contributed by atoms with E-state index in [1.54, 1.807) is 24.5 Å². The van der Waals surface area contributed by atoms with Crippen molar-refractivity contribution in [2.45, 2.75) is 38.1 Å². The summed E-state index contributed by atoms with van der Waals surface area (Å²) < 4.78 is 0. The van der Waals surface area contributed by atoms with E-state index in [-0.39, 0.29) is 17.5 Å². The molecule has 0 aromatic carbocycles. The lowest BCUT2D eigenvalue weighted by Gasteiger charge is -2.22. The monoisotopic (exact) mass is 255 g/mol. The van der Waals surface area contributed by atoms with Crippen LogP contribution in [-0.2, 0) is 4.79 Å². The Hall–Kier alpha value is -2.15. The van der Waals surface area contributed by atoms with Gasteiger partial charge in [-0.3, -0.25) is 9.78 Å². The van der Waals surface area contributed by atoms with Crippen molar-refractivity contribution in [3.63, 3.8) is 0 Å². The lowest BCUT2D eigenvalue weighted by Crippen LogP contribution is -2.36. The number of amides is 1. The Balaban J connectivity index is 2.03. The third-order valence-corrected chi connectivity index (χ3v) is 3.30. The molecule has 1 aromatic rings. The fourth-order valence-corrected chi connectivity index (χ4v) is 2.29. The van der Waals surface area contributed by atoms with Gasteiger partial charge in [0.05, 0.1) is 0 Å². The topological polar surface area (TPSA) is 65.8 Å². The molecule has 1 amide bonds. The van der Waals surface area contributed by atoms with Crippen LogP contribution in [0, 0.1) is 11.3 Å². The zero-order valence-corrected chi connectivity index (χ0v) is 10.8. The van der Waals surface area contributed by atoms with Gasteiger partial charge in [-0.15, -0.1) is 0 Å². The Morgan fingerprint density at radius 2 is 2.21 bits per heavy atom. The molecule has 1 aromatic heterocycles. The molecule has 0 saturated heterocycles. The van der Waals surface area contributed by atoms with E-state index in [9.17, 15) is 4.79 Å². The predicted molar refractivity (Wildman–Crippen MR) is 72.8 cm³/mol. The predicted octanol–water partition coefficient (Wildman–Crippen LogP) is 2.44. The van der Waals surface area contributed by atoms with Gasteiger partial charge in [0, 0.05) is 18.4 Å². The maximum atomic E-state index is 12.0. The summed E-state index contributed by atoms with van der Waals surface area (Å²) in [7, 11) is 0. The molecule has 0 radical (unpaired) electrons. The van der Waals surface area contributed by atoms with Crippen LogP contribution < -0.4 is 5.32 Å². The maximum absolute atomic E-state index is 12.0. The minimum atomic E-state index is -0.279. The standard InChI is InChI=1S/C15H17N3O/c16-10-13(9-12-5-4-8-17-11-12)15(19)18-14-6-2-1-3-7-14/h4-5,8-9,11,14H,1-3,6-7H2,(H,18,19). The van der Waals surface area contributed by atoms with E-state index >= 15 is 0 Å². The summed E-state index contributed by atoms with van der Waals surface area (Å²) in [5.74, 6) is -0.279. The van der Waals surface area contributed by atoms with Gasteiger partial charge < -0.3 is 5.32 Å². The smallest absolute Gasteiger partial charge is 0.262 e. The number of nitriles is 1. The van der Waals surface area contributed by atoms with Crippen LogP contribution in [0.3, 0.4) is 0 Å². The summed E-state index contributed by atoms with van der Waals surface area (Å²) in [6.45, 7) is 0. The molecule has 0 atom stereocenters. The molecule has 1 saturated carbocycles. The summed E-state index contributed by atoms with van der Waals surface area (Å²) in [5, 5.41) is 12.0. The largest absolute Gasteiger partial charge is 0.349 e. The van der Waals surface area contributed by atoms with Crippen molar-refractivity contribution >= 4 is 12.0 Å². The molecular formula is C15H17N3O. The van der Waals surface area contributed by atoms with Gasteiger partial charge in [0.1, 0.15) is 11.6 Å². The minimum absolute atomic E-state index is 0.138. The zero-order chi connectivity index (χ0) is 13.5. The summed E-state index contributed by atoms with van der Waals surface area (Å²) in [6.07, 6.45) is 10.4. The van der Waals surface area contributed by atoms with Crippen LogP contribution in [0.15, 0.2) is 30.1 Å². The normalized spacial score (nSPS) is 16.7. The molecule has 1 aliphatic rings. The highest BCUT2D eigenvalue weighted by Gasteiger charge is 2.17. The first-order chi connectivity index (χ1) is 9.29. The number of nitrogens with one attached hydrogen (secondary N) is 1. The van der Waals surface area contributed by atoms with Gasteiger partial charge >= 0.3 is 0 Å². The molecule has 1 heterocycles. The van der Waals surface area contributed by atoms with Crippen LogP contribution in [-0.4, -0.2) is 16.9 Å². The van der Waals surface area contributed by atoms with Crippen LogP contribution >= 0.6 is 0 Å². The van der Waals surface area contributed by atoms with Crippen molar-refractivity contribution in [3.8, 4) is 6.07 Å². The number of hydrogen-bond donors (Lipinski definition) is 1. The molecule has 19 heavy (non-hydrogen) atoms. The Labute approximate surface area is 113 Å². The number of rotatable bonds is 3. The van der Waals surface area contributed by atoms with Crippen molar-refractivity contribution in [1.82, 2.24) is 10.3 Å². The first kappa shape index (κ1) is 13.3. The first-order valence-electron chi connectivity index (χ1n) is 6.62. The fraction of sp³-hybridized carbons (Fsp3) is 0.400. The summed E-state index contributed by atoms with van der Waals surface area (Å²) in [6, 6.07) is 5.77. The van der Waals surface area contributed by atoms with E-state index in [1.165, 1.54) is 6.42 Å². The van der Waals surface area contributed by atoms with E-state index in [4.69, 9.17) is 5.26 Å². The third kappa shape index (κ3) is 3.92. The average molecular weight is 255 g/mol. The van der Waals surface area contributed by atoms with Crippen LogP contribution in [0.25, 0.3) is 6.08 Å². The van der Waals surface area contributed by atoms with Gasteiger partial charge in [-0.05, 0) is 30.5 Å². The van der Waals surface area contributed by atoms with Crippen molar-refractivity contribution in [2.24, 2.45) is 0 Å². The number of carbonyl (C=O) groups excluding carboxylic acids is 1. The van der Waals surface area contributed by atoms with Crippen molar-refractivity contribution in [1.29, 1.82) is 5.26 Å². The van der Waals surface area contributed by atoms with Crippen LogP contribution in [0.4, 0.5) is 0 Å². The third-order valence-electron chi connectivity index (χ3n) is 3.30. The van der Waals surface area contributed by atoms with E-state index < -0.39 is 0 Å². The molecule has 2 rings (SSSR count). The number of aromatic nitrogens is 1. The summed E-state index contributed by atoms with van der Waals surface area (Å²) >= 11 is 0. The molecule has 0 bridgehead atoms. The Bertz CT molecular complexity index is 496. The van der Waals surface area contributed by atoms with E-state index in [0.717, 1.165) is 31.2 Å². The van der Waals surface area contributed by atoms with Gasteiger partial charge in [0.25, 0.3) is 5.91 Å². The first-order valence-corrected chi connectivity index (χ1v) is 6.62. The molecule has 1 N–H and O–H groups in total. The average Bonchev–Trinajstić information content (AvgIpc) is 2.47. The van der Waals surface area contributed by atoms with E-state index in [0.29, 0.717) is 0 Å². The zero-order valence-electron chi connectivity index (χ0n) is 10.8. The van der Waals surface area contributed by atoms with Gasteiger partial charge in [-0.2, -0.15) is 5.26 Å². The van der Waals surface area contributed by atoms with Gasteiger partial charge in [0.2, 0.25) is 0 Å². The summed E-state index contributed by atoms with van der Waals surface area (Å²) in [4.78, 5) is 16.0. The maximum Gasteiger partial charge on any atom is 0.262 e. The molecule has 0 spiro atoms. The molecule has 0 unspecified atom stereocenters. The lowest BCUT2D eigenvalue weighted by molar-refractivity contribution is -0.117. The van der Waals surface area contributed by atoms with Gasteiger partial charge in [-0.25, -0.2) is 0 Å². The van der Waals surface area contributed by atoms with Gasteiger partial charge in [0.15, 0.2) is 0 Å². The van der Waals surface area contributed by atoms with Crippen LogP contribution in [0.5, 0.6) is 0 Å². The Morgan fingerprint density at radius 3 is 2.84 bits per heavy atom. The fourth-order valence-electron chi connectivity index (χ4n) is 2.29. The lowest BCUT2D eigenvalue weighted by atomic mass is 9.95. The minimum Gasteiger partial charge on any atom is -0.349 e. The van der Waals surface area contributed by atoms with E-state index in [2.05, 4.69) is 10.3 Å². The quantitative estimate of drug-likeness (QED) is 0.666. The van der Waals surface area contributed by atoms with E-state index in [1.807, 2.05) is 12.1 Å². The van der Waals surface area contributed by atoms with Crippen LogP contribution in [0.2, 0.25) is 0 Å². The van der Waals surface area contributed by atoms with Crippen molar-refractivity contribution in [2.75, 3.05) is 0 Å². The molecule has 1 aliphatic carbocycles. The second kappa shape index (κ2) is 6.69. The second-order valence-corrected chi connectivity index (χ2v) is 4.76. The number of hydrogen-bond acceptors (Lipinski definition) is 3. The SMILES string of the molecule is N#CC(=Cc1cccnc1)C(=O)NC1CCCCC1. The molecule has 4 heteroatoms. The highest BCUT2D eigenvalue weighted by Crippen LogP contribution is 2.18. The highest BCUT2D eigenvalue weighted by atomic mass is 16.1. The molecule has 1 fully saturated rings. The van der Waals surface area contributed by atoms with Gasteiger partial charge in [-0.1, -0.05) is 25.3 Å². The molecular weight excluding hydrogens is 238 g/mol. The molecule has 98 valence electrons. The Kier molecular flexibility index (Phi) is 4.68. The number of carbonyl (C=O) groups is 1. The van der Waals surface area contributed by atoms with Crippen LogP contribution in [0.1, 0.15) is 37.7 Å². The highest BCUT2D eigenvalue weighted by molar-refractivity contribution is 6.01.